The van der Waals surface area contributed by atoms with Gasteiger partial charge < -0.3 is 9.47 Å². The Bertz CT molecular complexity index is 381. The van der Waals surface area contributed by atoms with E-state index in [1.807, 2.05) is 0 Å². The van der Waals surface area contributed by atoms with Crippen LogP contribution < -0.4 is 0 Å². The molecule has 0 amide bonds. The molecule has 0 aromatic carbocycles. The maximum Gasteiger partial charge on any atom is 0.305 e. The number of esters is 2. The maximum atomic E-state index is 11.7. The normalized spacial score (nSPS) is 12.0. The number of carbonyl (C=O) groups is 2. The molecule has 0 radical (unpaired) electrons. The molecular formula is C25H48O4. The van der Waals surface area contributed by atoms with Crippen molar-refractivity contribution in [2.75, 3.05) is 13.2 Å². The number of ether oxygens (including phenoxy) is 2. The third-order valence-electron chi connectivity index (χ3n) is 5.33. The summed E-state index contributed by atoms with van der Waals surface area (Å²) in [5.41, 5.74) is 0. The first-order chi connectivity index (χ1) is 14.1. The van der Waals surface area contributed by atoms with E-state index in [2.05, 4.69) is 20.8 Å². The van der Waals surface area contributed by atoms with Crippen LogP contribution in [0.4, 0.5) is 0 Å². The molecule has 0 saturated heterocycles. The SMILES string of the molecule is CCCCCCCCCCCCOC(=O)CCCCCC(=O)OCC(C)CCC. The van der Waals surface area contributed by atoms with Gasteiger partial charge in [0, 0.05) is 12.8 Å². The molecule has 0 aromatic heterocycles. The molecule has 0 aromatic rings. The van der Waals surface area contributed by atoms with E-state index in [1.54, 1.807) is 0 Å². The van der Waals surface area contributed by atoms with Gasteiger partial charge in [0.2, 0.25) is 0 Å². The molecule has 0 N–H and O–H groups in total. The Morgan fingerprint density at radius 3 is 1.66 bits per heavy atom. The highest BCUT2D eigenvalue weighted by Crippen LogP contribution is 2.11. The molecule has 1 unspecified atom stereocenters. The minimum absolute atomic E-state index is 0.100. The highest BCUT2D eigenvalue weighted by atomic mass is 16.5. The second-order valence-corrected chi connectivity index (χ2v) is 8.54. The Balaban J connectivity index is 3.33. The minimum atomic E-state index is -0.114. The molecular weight excluding hydrogens is 364 g/mol. The van der Waals surface area contributed by atoms with Crippen LogP contribution in [-0.4, -0.2) is 25.2 Å². The van der Waals surface area contributed by atoms with Gasteiger partial charge in [-0.15, -0.1) is 0 Å². The standard InChI is InChI=1S/C25H48O4/c1-4-6-7-8-9-10-11-12-13-17-21-28-24(26)19-15-14-16-20-25(27)29-22-23(3)18-5-2/h23H,4-22H2,1-3H3. The molecule has 0 heterocycles. The van der Waals surface area contributed by atoms with Crippen LogP contribution in [0.2, 0.25) is 0 Å². The van der Waals surface area contributed by atoms with Crippen molar-refractivity contribution in [1.82, 2.24) is 0 Å². The Hall–Kier alpha value is -1.06. The van der Waals surface area contributed by atoms with Gasteiger partial charge in [0.1, 0.15) is 0 Å². The molecule has 172 valence electrons. The summed E-state index contributed by atoms with van der Waals surface area (Å²) in [6.45, 7) is 7.58. The summed E-state index contributed by atoms with van der Waals surface area (Å²) in [4.78, 5) is 23.4. The zero-order chi connectivity index (χ0) is 21.6. The van der Waals surface area contributed by atoms with E-state index in [4.69, 9.17) is 9.47 Å². The van der Waals surface area contributed by atoms with Crippen molar-refractivity contribution < 1.29 is 19.1 Å². The lowest BCUT2D eigenvalue weighted by Crippen LogP contribution is -2.11. The maximum absolute atomic E-state index is 11.7. The fraction of sp³-hybridized carbons (Fsp3) is 0.920. The van der Waals surface area contributed by atoms with Gasteiger partial charge in [-0.3, -0.25) is 9.59 Å². The average molecular weight is 413 g/mol. The van der Waals surface area contributed by atoms with Crippen molar-refractivity contribution >= 4 is 11.9 Å². The van der Waals surface area contributed by atoms with Crippen LogP contribution in [0.25, 0.3) is 0 Å². The quantitative estimate of drug-likeness (QED) is 0.146. The van der Waals surface area contributed by atoms with Gasteiger partial charge in [0.15, 0.2) is 0 Å². The van der Waals surface area contributed by atoms with E-state index in [-0.39, 0.29) is 11.9 Å². The van der Waals surface area contributed by atoms with Gasteiger partial charge in [-0.1, -0.05) is 91.4 Å². The van der Waals surface area contributed by atoms with E-state index < -0.39 is 0 Å². The lowest BCUT2D eigenvalue weighted by Gasteiger charge is -2.10. The molecule has 0 saturated carbocycles. The zero-order valence-electron chi connectivity index (χ0n) is 19.6. The first kappa shape index (κ1) is 27.9. The number of rotatable bonds is 21. The molecule has 0 aliphatic carbocycles. The Morgan fingerprint density at radius 1 is 0.621 bits per heavy atom. The molecule has 0 bridgehead atoms. The summed E-state index contributed by atoms with van der Waals surface area (Å²) in [5.74, 6) is 0.225. The lowest BCUT2D eigenvalue weighted by molar-refractivity contribution is -0.145. The first-order valence-corrected chi connectivity index (χ1v) is 12.4. The predicted octanol–water partition coefficient (Wildman–Crippen LogP) is 7.38. The van der Waals surface area contributed by atoms with Gasteiger partial charge in [-0.05, 0) is 31.6 Å². The topological polar surface area (TPSA) is 52.6 Å². The number of hydrogen-bond donors (Lipinski definition) is 0. The van der Waals surface area contributed by atoms with Gasteiger partial charge >= 0.3 is 11.9 Å². The first-order valence-electron chi connectivity index (χ1n) is 12.4. The lowest BCUT2D eigenvalue weighted by atomic mass is 10.1. The Labute approximate surface area is 180 Å². The molecule has 4 nitrogen and oxygen atoms in total. The van der Waals surface area contributed by atoms with E-state index in [9.17, 15) is 9.59 Å². The largest absolute Gasteiger partial charge is 0.466 e. The molecule has 0 rings (SSSR count). The molecule has 0 spiro atoms. The van der Waals surface area contributed by atoms with Crippen LogP contribution in [0.3, 0.4) is 0 Å². The Morgan fingerprint density at radius 2 is 1.10 bits per heavy atom. The number of unbranched alkanes of at least 4 members (excludes halogenated alkanes) is 11. The van der Waals surface area contributed by atoms with Crippen LogP contribution in [0.5, 0.6) is 0 Å². The van der Waals surface area contributed by atoms with Crippen molar-refractivity contribution in [2.45, 2.75) is 130 Å². The highest BCUT2D eigenvalue weighted by molar-refractivity contribution is 5.69. The van der Waals surface area contributed by atoms with Crippen molar-refractivity contribution in [3.63, 3.8) is 0 Å². The van der Waals surface area contributed by atoms with Crippen molar-refractivity contribution in [2.24, 2.45) is 5.92 Å². The summed E-state index contributed by atoms with van der Waals surface area (Å²) in [6.07, 6.45) is 18.4. The van der Waals surface area contributed by atoms with Crippen LogP contribution >= 0.6 is 0 Å². The number of hydrogen-bond acceptors (Lipinski definition) is 4. The number of carbonyl (C=O) groups excluding carboxylic acids is 2. The third kappa shape index (κ3) is 21.5. The fourth-order valence-corrected chi connectivity index (χ4v) is 3.45. The van der Waals surface area contributed by atoms with Gasteiger partial charge in [0.25, 0.3) is 0 Å². The Kier molecular flexibility index (Phi) is 20.9. The smallest absolute Gasteiger partial charge is 0.305 e. The second-order valence-electron chi connectivity index (χ2n) is 8.54. The van der Waals surface area contributed by atoms with E-state index in [0.717, 1.165) is 44.9 Å². The third-order valence-corrected chi connectivity index (χ3v) is 5.33. The highest BCUT2D eigenvalue weighted by Gasteiger charge is 2.07. The second kappa shape index (κ2) is 21.6. The van der Waals surface area contributed by atoms with E-state index in [0.29, 0.717) is 32.0 Å². The minimum Gasteiger partial charge on any atom is -0.466 e. The summed E-state index contributed by atoms with van der Waals surface area (Å²) < 4.78 is 10.6. The van der Waals surface area contributed by atoms with Crippen molar-refractivity contribution in [3.05, 3.63) is 0 Å². The predicted molar refractivity (Wildman–Crippen MR) is 121 cm³/mol. The van der Waals surface area contributed by atoms with Gasteiger partial charge in [0.05, 0.1) is 13.2 Å². The van der Waals surface area contributed by atoms with Gasteiger partial charge in [-0.2, -0.15) is 0 Å². The van der Waals surface area contributed by atoms with Gasteiger partial charge in [-0.25, -0.2) is 0 Å². The van der Waals surface area contributed by atoms with Crippen LogP contribution in [0.1, 0.15) is 130 Å². The monoisotopic (exact) mass is 412 g/mol. The molecule has 1 atom stereocenters. The summed E-state index contributed by atoms with van der Waals surface area (Å²) in [7, 11) is 0. The van der Waals surface area contributed by atoms with Crippen molar-refractivity contribution in [1.29, 1.82) is 0 Å². The summed E-state index contributed by atoms with van der Waals surface area (Å²) >= 11 is 0. The summed E-state index contributed by atoms with van der Waals surface area (Å²) in [6, 6.07) is 0. The van der Waals surface area contributed by atoms with Crippen LogP contribution in [-0.2, 0) is 19.1 Å². The molecule has 0 fully saturated rings. The molecule has 0 aliphatic rings. The van der Waals surface area contributed by atoms with Crippen LogP contribution in [0, 0.1) is 5.92 Å². The van der Waals surface area contributed by atoms with Crippen molar-refractivity contribution in [3.8, 4) is 0 Å². The fourth-order valence-electron chi connectivity index (χ4n) is 3.45. The van der Waals surface area contributed by atoms with E-state index >= 15 is 0 Å². The zero-order valence-corrected chi connectivity index (χ0v) is 19.6. The van der Waals surface area contributed by atoms with E-state index in [1.165, 1.54) is 51.4 Å². The molecule has 29 heavy (non-hydrogen) atoms. The average Bonchev–Trinajstić information content (AvgIpc) is 2.70. The molecule has 4 heteroatoms. The molecule has 0 aliphatic heterocycles. The summed E-state index contributed by atoms with van der Waals surface area (Å²) in [5, 5.41) is 0. The van der Waals surface area contributed by atoms with Crippen LogP contribution in [0.15, 0.2) is 0 Å².